The van der Waals surface area contributed by atoms with E-state index in [0.717, 1.165) is 30.6 Å². The van der Waals surface area contributed by atoms with Gasteiger partial charge < -0.3 is 19.6 Å². The minimum Gasteiger partial charge on any atom is -0.469 e. The van der Waals surface area contributed by atoms with Crippen LogP contribution in [0.25, 0.3) is 11.3 Å². The highest BCUT2D eigenvalue weighted by molar-refractivity contribution is 5.91. The Kier molecular flexibility index (Phi) is 7.02. The van der Waals surface area contributed by atoms with Gasteiger partial charge in [-0.1, -0.05) is 19.8 Å². The molecule has 2 aromatic rings. The fourth-order valence-electron chi connectivity index (χ4n) is 2.36. The number of unbranched alkanes of at least 4 members (excludes halogenated alkanes) is 2. The summed E-state index contributed by atoms with van der Waals surface area (Å²) in [5.74, 6) is 1.05. The molecule has 0 unspecified atom stereocenters. The smallest absolute Gasteiger partial charge is 0.251 e. The van der Waals surface area contributed by atoms with E-state index in [2.05, 4.69) is 17.3 Å². The number of amides is 1. The maximum Gasteiger partial charge on any atom is 0.251 e. The van der Waals surface area contributed by atoms with Crippen LogP contribution in [-0.4, -0.2) is 40.6 Å². The van der Waals surface area contributed by atoms with Crippen molar-refractivity contribution in [2.45, 2.75) is 39.7 Å². The molecule has 0 bridgehead atoms. The van der Waals surface area contributed by atoms with Crippen molar-refractivity contribution < 1.29 is 19.1 Å². The standard InChI is InChI=1S/C17H25N3O4/c1-3-4-5-9-23-12-17(22)18-16-11-15(19-20(16)7-8-21)14-6-10-24-13(14)2/h6,10-11,21H,3-5,7-9,12H2,1-2H3,(H,18,22). The molecule has 0 aliphatic carbocycles. The molecule has 0 spiro atoms. The number of aliphatic hydroxyl groups excluding tert-OH is 1. The van der Waals surface area contributed by atoms with Gasteiger partial charge in [0.05, 0.1) is 25.1 Å². The number of aryl methyl sites for hydroxylation is 1. The average Bonchev–Trinajstić information content (AvgIpc) is 3.14. The third-order valence-corrected chi connectivity index (χ3v) is 3.62. The molecular formula is C17H25N3O4. The van der Waals surface area contributed by atoms with E-state index in [0.29, 0.717) is 24.7 Å². The molecule has 0 saturated heterocycles. The van der Waals surface area contributed by atoms with E-state index in [-0.39, 0.29) is 19.1 Å². The van der Waals surface area contributed by atoms with Crippen LogP contribution in [0.3, 0.4) is 0 Å². The Hall–Kier alpha value is -2.12. The highest BCUT2D eigenvalue weighted by Gasteiger charge is 2.14. The Morgan fingerprint density at radius 1 is 1.46 bits per heavy atom. The molecule has 0 atom stereocenters. The summed E-state index contributed by atoms with van der Waals surface area (Å²) in [6.07, 6.45) is 4.76. The Bertz CT molecular complexity index is 648. The quantitative estimate of drug-likeness (QED) is 0.651. The summed E-state index contributed by atoms with van der Waals surface area (Å²) in [4.78, 5) is 12.0. The molecule has 2 aromatic heterocycles. The predicted octanol–water partition coefficient (Wildman–Crippen LogP) is 2.59. The zero-order valence-corrected chi connectivity index (χ0v) is 14.2. The van der Waals surface area contributed by atoms with Crippen LogP contribution in [0.5, 0.6) is 0 Å². The minimum atomic E-state index is -0.235. The third kappa shape index (κ3) is 4.94. The van der Waals surface area contributed by atoms with Gasteiger partial charge in [-0.2, -0.15) is 5.10 Å². The van der Waals surface area contributed by atoms with Crippen LogP contribution in [-0.2, 0) is 16.1 Å². The third-order valence-electron chi connectivity index (χ3n) is 3.62. The molecule has 2 rings (SSSR count). The largest absolute Gasteiger partial charge is 0.469 e. The van der Waals surface area contributed by atoms with E-state index < -0.39 is 0 Å². The van der Waals surface area contributed by atoms with Gasteiger partial charge in [0, 0.05) is 18.2 Å². The maximum atomic E-state index is 12.0. The van der Waals surface area contributed by atoms with Crippen molar-refractivity contribution in [2.75, 3.05) is 25.1 Å². The van der Waals surface area contributed by atoms with E-state index in [1.54, 1.807) is 17.0 Å². The zero-order chi connectivity index (χ0) is 17.4. The second-order valence-corrected chi connectivity index (χ2v) is 5.56. The monoisotopic (exact) mass is 335 g/mol. The fraction of sp³-hybridized carbons (Fsp3) is 0.529. The van der Waals surface area contributed by atoms with E-state index in [1.807, 2.05) is 13.0 Å². The first kappa shape index (κ1) is 18.2. The second kappa shape index (κ2) is 9.24. The molecule has 2 heterocycles. The van der Waals surface area contributed by atoms with Crippen LogP contribution in [0, 0.1) is 6.92 Å². The van der Waals surface area contributed by atoms with Crippen LogP contribution in [0.4, 0.5) is 5.82 Å². The molecule has 7 nitrogen and oxygen atoms in total. The molecule has 1 amide bonds. The van der Waals surface area contributed by atoms with Gasteiger partial charge in [0.25, 0.3) is 5.91 Å². The number of rotatable bonds is 10. The van der Waals surface area contributed by atoms with Crippen molar-refractivity contribution >= 4 is 11.7 Å². The lowest BCUT2D eigenvalue weighted by Crippen LogP contribution is -2.21. The van der Waals surface area contributed by atoms with Crippen LogP contribution in [0.2, 0.25) is 0 Å². The molecule has 0 radical (unpaired) electrons. The van der Waals surface area contributed by atoms with E-state index >= 15 is 0 Å². The number of carbonyl (C=O) groups excluding carboxylic acids is 1. The highest BCUT2D eigenvalue weighted by atomic mass is 16.5. The van der Waals surface area contributed by atoms with Gasteiger partial charge in [0.15, 0.2) is 0 Å². The number of carbonyl (C=O) groups is 1. The minimum absolute atomic E-state index is 0.00803. The van der Waals surface area contributed by atoms with Gasteiger partial charge in [-0.05, 0) is 19.4 Å². The lowest BCUT2D eigenvalue weighted by molar-refractivity contribution is -0.120. The summed E-state index contributed by atoms with van der Waals surface area (Å²) >= 11 is 0. The second-order valence-electron chi connectivity index (χ2n) is 5.56. The Labute approximate surface area is 141 Å². The molecule has 0 aliphatic rings. The first-order valence-corrected chi connectivity index (χ1v) is 8.26. The van der Waals surface area contributed by atoms with Crippen molar-refractivity contribution in [1.29, 1.82) is 0 Å². The topological polar surface area (TPSA) is 89.5 Å². The van der Waals surface area contributed by atoms with Crippen molar-refractivity contribution in [1.82, 2.24) is 9.78 Å². The molecule has 0 aromatic carbocycles. The summed E-state index contributed by atoms with van der Waals surface area (Å²) in [7, 11) is 0. The van der Waals surface area contributed by atoms with Crippen molar-refractivity contribution in [3.8, 4) is 11.3 Å². The lowest BCUT2D eigenvalue weighted by atomic mass is 10.2. The SMILES string of the molecule is CCCCCOCC(=O)Nc1cc(-c2ccoc2C)nn1CCO. The number of aromatic nitrogens is 2. The summed E-state index contributed by atoms with van der Waals surface area (Å²) in [6.45, 7) is 4.79. The number of nitrogens with zero attached hydrogens (tertiary/aromatic N) is 2. The van der Waals surface area contributed by atoms with Crippen LogP contribution in [0.15, 0.2) is 22.8 Å². The first-order valence-electron chi connectivity index (χ1n) is 8.26. The number of hydrogen-bond donors (Lipinski definition) is 2. The number of anilines is 1. The first-order chi connectivity index (χ1) is 11.7. The predicted molar refractivity (Wildman–Crippen MR) is 90.7 cm³/mol. The molecule has 24 heavy (non-hydrogen) atoms. The summed E-state index contributed by atoms with van der Waals surface area (Å²) in [5, 5.41) is 16.4. The Morgan fingerprint density at radius 3 is 2.96 bits per heavy atom. The number of furan rings is 1. The van der Waals surface area contributed by atoms with Crippen LogP contribution < -0.4 is 5.32 Å². The fourth-order valence-corrected chi connectivity index (χ4v) is 2.36. The molecule has 0 fully saturated rings. The lowest BCUT2D eigenvalue weighted by Gasteiger charge is -2.08. The van der Waals surface area contributed by atoms with Gasteiger partial charge in [-0.25, -0.2) is 4.68 Å². The number of hydrogen-bond acceptors (Lipinski definition) is 5. The van der Waals surface area contributed by atoms with Crippen LogP contribution in [0.1, 0.15) is 31.9 Å². The zero-order valence-electron chi connectivity index (χ0n) is 14.2. The van der Waals surface area contributed by atoms with Gasteiger partial charge in [-0.15, -0.1) is 0 Å². The number of ether oxygens (including phenoxy) is 1. The van der Waals surface area contributed by atoms with Crippen molar-refractivity contribution in [3.63, 3.8) is 0 Å². The van der Waals surface area contributed by atoms with Crippen LogP contribution >= 0.6 is 0 Å². The van der Waals surface area contributed by atoms with E-state index in [4.69, 9.17) is 9.15 Å². The normalized spacial score (nSPS) is 11.0. The van der Waals surface area contributed by atoms with E-state index in [1.165, 1.54) is 0 Å². The highest BCUT2D eigenvalue weighted by Crippen LogP contribution is 2.25. The summed E-state index contributed by atoms with van der Waals surface area (Å²) in [6, 6.07) is 3.59. The Morgan fingerprint density at radius 2 is 2.29 bits per heavy atom. The molecular weight excluding hydrogens is 310 g/mol. The van der Waals surface area contributed by atoms with Gasteiger partial charge in [-0.3, -0.25) is 4.79 Å². The van der Waals surface area contributed by atoms with Gasteiger partial charge >= 0.3 is 0 Å². The van der Waals surface area contributed by atoms with Gasteiger partial charge in [0.1, 0.15) is 18.2 Å². The number of aliphatic hydroxyl groups is 1. The average molecular weight is 335 g/mol. The van der Waals surface area contributed by atoms with Gasteiger partial charge in [0.2, 0.25) is 0 Å². The molecule has 7 heteroatoms. The molecule has 2 N–H and O–H groups in total. The summed E-state index contributed by atoms with van der Waals surface area (Å²) < 4.78 is 12.2. The molecule has 132 valence electrons. The molecule has 0 aliphatic heterocycles. The molecule has 0 saturated carbocycles. The number of nitrogens with one attached hydrogen (secondary N) is 1. The van der Waals surface area contributed by atoms with Crippen molar-refractivity contribution in [2.24, 2.45) is 0 Å². The maximum absolute atomic E-state index is 12.0. The summed E-state index contributed by atoms with van der Waals surface area (Å²) in [5.41, 5.74) is 1.55. The van der Waals surface area contributed by atoms with Crippen molar-refractivity contribution in [3.05, 3.63) is 24.2 Å². The Balaban J connectivity index is 1.99. The van der Waals surface area contributed by atoms with E-state index in [9.17, 15) is 9.90 Å².